The van der Waals surface area contributed by atoms with Gasteiger partial charge < -0.3 is 25.0 Å². The lowest BCUT2D eigenvalue weighted by Gasteiger charge is -2.40. The van der Waals surface area contributed by atoms with Crippen molar-refractivity contribution in [2.75, 3.05) is 44.7 Å². The van der Waals surface area contributed by atoms with Gasteiger partial charge >= 0.3 is 6.01 Å². The zero-order valence-corrected chi connectivity index (χ0v) is 27.8. The number of piperidine rings is 1. The molecule has 50 heavy (non-hydrogen) atoms. The molecule has 3 aliphatic heterocycles. The molecule has 0 aliphatic carbocycles. The number of aromatic hydroxyl groups is 1. The van der Waals surface area contributed by atoms with Crippen molar-refractivity contribution in [1.29, 1.82) is 0 Å². The fourth-order valence-electron chi connectivity index (χ4n) is 8.24. The molecule has 0 spiro atoms. The molecule has 8 rings (SSSR count). The van der Waals surface area contributed by atoms with Gasteiger partial charge in [-0.05, 0) is 55.5 Å². The fourth-order valence-corrected chi connectivity index (χ4v) is 8.24. The van der Waals surface area contributed by atoms with Crippen LogP contribution in [0.3, 0.4) is 0 Å². The van der Waals surface area contributed by atoms with E-state index in [-0.39, 0.29) is 75.6 Å². The van der Waals surface area contributed by atoms with Crippen molar-refractivity contribution >= 4 is 38.4 Å². The summed E-state index contributed by atoms with van der Waals surface area (Å²) in [7, 11) is 3.58. The topological polar surface area (TPSA) is 91.6 Å². The van der Waals surface area contributed by atoms with Crippen molar-refractivity contribution < 1.29 is 27.4 Å². The van der Waals surface area contributed by atoms with Gasteiger partial charge in [0.05, 0.1) is 10.9 Å². The quantitative estimate of drug-likeness (QED) is 0.169. The van der Waals surface area contributed by atoms with Crippen molar-refractivity contribution in [3.05, 3.63) is 59.3 Å². The van der Waals surface area contributed by atoms with Crippen LogP contribution < -0.4 is 15.0 Å². The van der Waals surface area contributed by atoms with Crippen LogP contribution in [0, 0.1) is 29.4 Å². The number of nitrogens with zero attached hydrogens (tertiary/aromatic N) is 6. The molecule has 2 bridgehead atoms. The van der Waals surface area contributed by atoms with E-state index < -0.39 is 23.1 Å². The van der Waals surface area contributed by atoms with Crippen molar-refractivity contribution in [2.45, 2.75) is 38.3 Å². The molecule has 2 N–H and O–H groups in total. The molecule has 3 fully saturated rings. The van der Waals surface area contributed by atoms with Crippen molar-refractivity contribution in [3.63, 3.8) is 0 Å². The summed E-state index contributed by atoms with van der Waals surface area (Å²) in [6, 6.07) is 5.72. The average Bonchev–Trinajstić information content (AvgIpc) is 3.63. The van der Waals surface area contributed by atoms with Gasteiger partial charge in [-0.25, -0.2) is 8.78 Å². The number of anilines is 1. The molecule has 0 saturated carbocycles. The molecule has 2 aromatic heterocycles. The van der Waals surface area contributed by atoms with E-state index in [2.05, 4.69) is 26.2 Å². The second kappa shape index (κ2) is 11.8. The summed E-state index contributed by atoms with van der Waals surface area (Å²) in [5, 5.41) is 20.6. The van der Waals surface area contributed by atoms with Crippen molar-refractivity contribution in [2.24, 2.45) is 12.5 Å². The summed E-state index contributed by atoms with van der Waals surface area (Å²) in [4.78, 5) is 13.5. The Morgan fingerprint density at radius 1 is 1.10 bits per heavy atom. The van der Waals surface area contributed by atoms with Gasteiger partial charge in [0, 0.05) is 78.8 Å². The maximum atomic E-state index is 17.5. The third kappa shape index (κ3) is 5.20. The van der Waals surface area contributed by atoms with Gasteiger partial charge in [-0.15, -0.1) is 6.42 Å². The van der Waals surface area contributed by atoms with Crippen LogP contribution >= 0.6 is 0 Å². The predicted molar refractivity (Wildman–Crippen MR) is 183 cm³/mol. The second-order valence-electron chi connectivity index (χ2n) is 14.1. The predicted octanol–water partition coefficient (Wildman–Crippen LogP) is 6.11. The Balaban J connectivity index is 1.38. The highest BCUT2D eigenvalue weighted by Crippen LogP contribution is 2.45. The van der Waals surface area contributed by atoms with E-state index >= 15 is 8.78 Å². The molecule has 3 aliphatic rings. The van der Waals surface area contributed by atoms with Gasteiger partial charge in [-0.1, -0.05) is 18.9 Å². The van der Waals surface area contributed by atoms with Crippen LogP contribution in [0.1, 0.15) is 31.7 Å². The highest BCUT2D eigenvalue weighted by molar-refractivity contribution is 6.18. The van der Waals surface area contributed by atoms with Crippen molar-refractivity contribution in [1.82, 2.24) is 30.0 Å². The van der Waals surface area contributed by atoms with E-state index in [9.17, 15) is 13.9 Å². The first-order valence-corrected chi connectivity index (χ1v) is 16.6. The largest absolute Gasteiger partial charge is 0.508 e. The van der Waals surface area contributed by atoms with Crippen LogP contribution in [0.4, 0.5) is 23.4 Å². The lowest BCUT2D eigenvalue weighted by molar-refractivity contribution is 0.104. The van der Waals surface area contributed by atoms with Crippen LogP contribution in [-0.4, -0.2) is 81.7 Å². The number of halogens is 4. The summed E-state index contributed by atoms with van der Waals surface area (Å²) in [5.41, 5.74) is -0.820. The first-order chi connectivity index (χ1) is 23.9. The van der Waals surface area contributed by atoms with Crippen LogP contribution in [0.2, 0.25) is 0 Å². The van der Waals surface area contributed by atoms with Gasteiger partial charge in [0.2, 0.25) is 0 Å². The maximum Gasteiger partial charge on any atom is 0.319 e. The monoisotopic (exact) mass is 685 g/mol. The Labute approximate surface area is 285 Å². The fraction of sp³-hybridized carbons (Fsp3) is 0.378. The molecular formula is C37H35F4N7O2. The molecule has 9 nitrogen and oxygen atoms in total. The first-order valence-electron chi connectivity index (χ1n) is 16.6. The number of phenolic OH excluding ortho intramolecular Hbond substituents is 1. The molecule has 0 unspecified atom stereocenters. The number of hydrogen-bond donors (Lipinski definition) is 2. The highest BCUT2D eigenvalue weighted by atomic mass is 19.3. The lowest BCUT2D eigenvalue weighted by atomic mass is 9.78. The van der Waals surface area contributed by atoms with E-state index in [0.29, 0.717) is 48.2 Å². The van der Waals surface area contributed by atoms with E-state index in [1.807, 2.05) is 11.9 Å². The van der Waals surface area contributed by atoms with E-state index in [1.165, 1.54) is 24.3 Å². The maximum absolute atomic E-state index is 17.5. The smallest absolute Gasteiger partial charge is 0.319 e. The summed E-state index contributed by atoms with van der Waals surface area (Å²) in [6.07, 6.45) is 7.97. The standard InChI is InChI=1S/C37H35F4N7O2/c1-5-23-27(38)9-6-19-12-22(49)13-24(28(19)23)29-31(39)33-30(25-16-47(4)45-32(25)29)35(48-14-20-7-8-21(15-48)42-20)44-36(43-33)50-18-37(2)17-46(3)11-10-26(37)34(40)41/h1,6,9,12-13,16,20-21,42,49H,7-8,10-11,14-15,17-18H2,2-4H3/t20-,21+,37-/m0/s1. The van der Waals surface area contributed by atoms with Crippen LogP contribution in [0.25, 0.3) is 43.7 Å². The molecule has 3 aromatic carbocycles. The van der Waals surface area contributed by atoms with Crippen LogP contribution in [0.5, 0.6) is 11.8 Å². The third-order valence-corrected chi connectivity index (χ3v) is 10.5. The highest BCUT2D eigenvalue weighted by Gasteiger charge is 2.39. The minimum Gasteiger partial charge on any atom is -0.508 e. The normalized spacial score (nSPS) is 22.5. The Morgan fingerprint density at radius 2 is 1.86 bits per heavy atom. The SMILES string of the molecule is C#Cc1c(F)ccc2cc(O)cc(-c3c(F)c4nc(OC[C@]5(C)CN(C)CCC5=C(F)F)nc(N5C[C@H]6CC[C@@H](C5)N6)c4c4cn(C)nc34)c12. The van der Waals surface area contributed by atoms with Gasteiger partial charge in [-0.2, -0.15) is 23.8 Å². The number of benzene rings is 3. The number of hydrogen-bond acceptors (Lipinski definition) is 8. The Hall–Kier alpha value is -4.93. The summed E-state index contributed by atoms with van der Waals surface area (Å²) < 4.78 is 68.6. The van der Waals surface area contributed by atoms with Gasteiger partial charge in [0.15, 0.2) is 5.82 Å². The van der Waals surface area contributed by atoms with Gasteiger partial charge in [0.25, 0.3) is 6.08 Å². The molecule has 13 heteroatoms. The molecular weight excluding hydrogens is 650 g/mol. The number of aryl methyl sites for hydroxylation is 1. The van der Waals surface area contributed by atoms with E-state index in [1.54, 1.807) is 24.9 Å². The minimum absolute atomic E-state index is 0.0214. The number of rotatable bonds is 5. The molecule has 0 radical (unpaired) electrons. The second-order valence-corrected chi connectivity index (χ2v) is 14.1. The first kappa shape index (κ1) is 32.3. The van der Waals surface area contributed by atoms with Crippen molar-refractivity contribution in [3.8, 4) is 35.2 Å². The summed E-state index contributed by atoms with van der Waals surface area (Å²) in [5.74, 6) is 1.20. The molecule has 3 saturated heterocycles. The number of phenols is 1. The number of likely N-dealkylation sites (tertiary alicyclic amines) is 1. The summed E-state index contributed by atoms with van der Waals surface area (Å²) in [6.45, 7) is 3.60. The Morgan fingerprint density at radius 3 is 2.58 bits per heavy atom. The van der Waals surface area contributed by atoms with Crippen LogP contribution in [0.15, 0.2) is 42.1 Å². The van der Waals surface area contributed by atoms with E-state index in [0.717, 1.165) is 12.8 Å². The number of aromatic nitrogens is 4. The number of terminal acetylenes is 1. The third-order valence-electron chi connectivity index (χ3n) is 10.5. The Kier molecular flexibility index (Phi) is 7.65. The van der Waals surface area contributed by atoms with Gasteiger partial charge in [0.1, 0.15) is 35.0 Å². The number of piperazine rings is 1. The molecule has 5 aromatic rings. The molecule has 0 amide bonds. The summed E-state index contributed by atoms with van der Waals surface area (Å²) >= 11 is 0. The minimum atomic E-state index is -1.73. The zero-order chi connectivity index (χ0) is 35.1. The molecule has 5 heterocycles. The molecule has 3 atom stereocenters. The zero-order valence-electron chi connectivity index (χ0n) is 27.8. The number of fused-ring (bicyclic) bond motifs is 6. The number of ether oxygens (including phenoxy) is 1. The van der Waals surface area contributed by atoms with Crippen LogP contribution in [-0.2, 0) is 7.05 Å². The number of nitrogens with one attached hydrogen (secondary N) is 1. The average molecular weight is 686 g/mol. The lowest BCUT2D eigenvalue weighted by Crippen LogP contribution is -2.51. The Bertz CT molecular complexity index is 2280. The molecule has 258 valence electrons. The van der Waals surface area contributed by atoms with Gasteiger partial charge in [-0.3, -0.25) is 4.68 Å². The van der Waals surface area contributed by atoms with E-state index in [4.69, 9.17) is 16.1 Å².